The van der Waals surface area contributed by atoms with Crippen LogP contribution in [0.5, 0.6) is 0 Å². The SMILES string of the molecule is C.CCOC(=O)N1CC[C@@H]2Nc3c(Br)cccc3[C@@H]2C1.[2H]C([2H])(C(N)=O)N1c2c(Br)cccc2[C@@H]2CN(C(=O)OCC)CC[C@@H]21.[2H]C([2H])(Cl)C(N)=O. The van der Waals surface area contributed by atoms with Gasteiger partial charge >= 0.3 is 12.2 Å². The minimum atomic E-state index is -2.39. The van der Waals surface area contributed by atoms with Crippen molar-refractivity contribution >= 4 is 78.8 Å². The van der Waals surface area contributed by atoms with E-state index in [1.807, 2.05) is 36.1 Å². The molecular weight excluding hydrogens is 772 g/mol. The number of amides is 4. The summed E-state index contributed by atoms with van der Waals surface area (Å²) in [4.78, 5) is 50.4. The Morgan fingerprint density at radius 2 is 1.44 bits per heavy atom. The molecule has 6 rings (SSSR count). The summed E-state index contributed by atoms with van der Waals surface area (Å²) in [5.41, 5.74) is 13.8. The van der Waals surface area contributed by atoms with Crippen LogP contribution in [0.25, 0.3) is 0 Å². The number of fused-ring (bicyclic) bond motifs is 6. The fourth-order valence-electron chi connectivity index (χ4n) is 6.45. The number of carbonyl (C=O) groups is 4. The maximum absolute atomic E-state index is 12.1. The van der Waals surface area contributed by atoms with Crippen LogP contribution in [0.15, 0.2) is 45.3 Å². The number of nitrogens with one attached hydrogen (secondary N) is 1. The number of primary amides is 2. The first-order valence-electron chi connectivity index (χ1n) is 17.2. The van der Waals surface area contributed by atoms with E-state index in [2.05, 4.69) is 55.0 Å². The molecule has 264 valence electrons. The standard InChI is InChI=1S/C16H20BrN3O3.C14H17BrN2O2.C2H4ClNO.CH4/c1-2-23-16(22)19-7-6-13-11(8-19)10-4-3-5-12(17)15(10)20(13)9-14(18)21;1-2-19-14(18)17-7-6-12-10(8-17)9-4-3-5-11(15)13(9)16-12;3-1-2(4)5;/h3-5,11,13H,2,6-9H2,1H3,(H2,18,21);3-5,10,12,16H,2,6-8H2,1H3;1H2,(H2,4,5);1H4/t11-,13-;10-,12-;;/m00../s1/i9D2;;1D2;. The summed E-state index contributed by atoms with van der Waals surface area (Å²) in [6, 6.07) is 12.0. The zero-order valence-corrected chi connectivity index (χ0v) is 29.9. The van der Waals surface area contributed by atoms with Gasteiger partial charge in [0.05, 0.1) is 36.6 Å². The Balaban J connectivity index is 0.000000239. The van der Waals surface area contributed by atoms with Gasteiger partial charge in [-0.25, -0.2) is 9.59 Å². The minimum absolute atomic E-state index is 0. The molecule has 0 radical (unpaired) electrons. The molecule has 4 aliphatic heterocycles. The molecule has 2 aromatic rings. The van der Waals surface area contributed by atoms with Crippen molar-refractivity contribution < 1.29 is 34.1 Å². The molecule has 0 saturated carbocycles. The number of piperidine rings is 2. The third-order valence-electron chi connectivity index (χ3n) is 8.33. The zero-order valence-electron chi connectivity index (χ0n) is 30.0. The molecule has 0 unspecified atom stereocenters. The van der Waals surface area contributed by atoms with Crippen molar-refractivity contribution in [1.29, 1.82) is 0 Å². The molecule has 4 amide bonds. The van der Waals surface area contributed by atoms with Gasteiger partial charge in [-0.15, -0.1) is 11.6 Å². The van der Waals surface area contributed by atoms with Crippen LogP contribution in [0.1, 0.15) is 62.6 Å². The largest absolute Gasteiger partial charge is 0.450 e. The van der Waals surface area contributed by atoms with E-state index in [-0.39, 0.29) is 31.6 Å². The van der Waals surface area contributed by atoms with Crippen molar-refractivity contribution in [3.05, 3.63) is 56.5 Å². The van der Waals surface area contributed by atoms with Crippen LogP contribution < -0.4 is 21.7 Å². The number of hydrogen-bond acceptors (Lipinski definition) is 8. The van der Waals surface area contributed by atoms with Crippen LogP contribution in [0.2, 0.25) is 0 Å². The molecule has 0 spiro atoms. The fraction of sp³-hybridized carbons (Fsp3) is 0.515. The van der Waals surface area contributed by atoms with Gasteiger partial charge in [-0.2, -0.15) is 0 Å². The van der Waals surface area contributed by atoms with E-state index < -0.39 is 24.1 Å². The highest BCUT2D eigenvalue weighted by atomic mass is 79.9. The third kappa shape index (κ3) is 9.06. The number of nitrogens with two attached hydrogens (primary N) is 2. The van der Waals surface area contributed by atoms with Gasteiger partial charge in [0.1, 0.15) is 5.83 Å². The van der Waals surface area contributed by atoms with Gasteiger partial charge in [-0.05, 0) is 81.8 Å². The monoisotopic (exact) mass is 818 g/mol. The van der Waals surface area contributed by atoms with Crippen LogP contribution in [0.4, 0.5) is 21.0 Å². The van der Waals surface area contributed by atoms with Gasteiger partial charge in [-0.3, -0.25) is 9.59 Å². The van der Waals surface area contributed by atoms with Crippen molar-refractivity contribution in [3.63, 3.8) is 0 Å². The number of alkyl halides is 1. The molecule has 12 nitrogen and oxygen atoms in total. The van der Waals surface area contributed by atoms with Gasteiger partial charge < -0.3 is 41.0 Å². The molecular formula is C33H45Br2ClN6O6. The average molecular weight is 821 g/mol. The average Bonchev–Trinajstić information content (AvgIpc) is 3.62. The van der Waals surface area contributed by atoms with Gasteiger partial charge in [0, 0.05) is 59.0 Å². The summed E-state index contributed by atoms with van der Waals surface area (Å²) in [7, 11) is 0. The summed E-state index contributed by atoms with van der Waals surface area (Å²) in [5.74, 6) is -4.32. The molecule has 15 heteroatoms. The summed E-state index contributed by atoms with van der Waals surface area (Å²) < 4.78 is 41.1. The second-order valence-electron chi connectivity index (χ2n) is 11.1. The van der Waals surface area contributed by atoms with Crippen LogP contribution in [0.3, 0.4) is 0 Å². The molecule has 2 fully saturated rings. The van der Waals surface area contributed by atoms with E-state index in [9.17, 15) is 19.2 Å². The Bertz CT molecular complexity index is 1640. The predicted molar refractivity (Wildman–Crippen MR) is 195 cm³/mol. The minimum Gasteiger partial charge on any atom is -0.450 e. The Morgan fingerprint density at radius 1 is 0.896 bits per heavy atom. The zero-order chi connectivity index (χ0) is 37.8. The Morgan fingerprint density at radius 3 is 2.00 bits per heavy atom. The highest BCUT2D eigenvalue weighted by Crippen LogP contribution is 2.48. The van der Waals surface area contributed by atoms with Crippen LogP contribution in [0, 0.1) is 0 Å². The number of rotatable bonds is 5. The molecule has 2 saturated heterocycles. The van der Waals surface area contributed by atoms with E-state index in [0.717, 1.165) is 29.5 Å². The van der Waals surface area contributed by atoms with E-state index in [4.69, 9.17) is 32.3 Å². The summed E-state index contributed by atoms with van der Waals surface area (Å²) in [6.07, 6.45) is 0.931. The molecule has 0 aromatic heterocycles. The van der Waals surface area contributed by atoms with Crippen molar-refractivity contribution in [1.82, 2.24) is 9.80 Å². The number of nitrogens with zero attached hydrogens (tertiary/aromatic N) is 3. The second-order valence-corrected chi connectivity index (χ2v) is 13.0. The molecule has 4 atom stereocenters. The smallest absolute Gasteiger partial charge is 0.409 e. The number of carbonyl (C=O) groups excluding carboxylic acids is 4. The lowest BCUT2D eigenvalue weighted by Gasteiger charge is -2.38. The molecule has 0 aliphatic carbocycles. The molecule has 4 heterocycles. The summed E-state index contributed by atoms with van der Waals surface area (Å²) in [5, 5.41) is 3.57. The molecule has 2 aromatic carbocycles. The first-order valence-corrected chi connectivity index (χ1v) is 17.1. The van der Waals surface area contributed by atoms with Crippen LogP contribution in [-0.4, -0.2) is 97.6 Å². The lowest BCUT2D eigenvalue weighted by Crippen LogP contribution is -2.50. The molecule has 4 aliphatic rings. The summed E-state index contributed by atoms with van der Waals surface area (Å²) >= 11 is 11.8. The fourth-order valence-corrected chi connectivity index (χ4v) is 7.52. The number of para-hydroxylation sites is 2. The van der Waals surface area contributed by atoms with E-state index in [0.29, 0.717) is 54.8 Å². The second kappa shape index (κ2) is 18.0. The van der Waals surface area contributed by atoms with Crippen molar-refractivity contribution in [3.8, 4) is 0 Å². The van der Waals surface area contributed by atoms with Crippen molar-refractivity contribution in [2.24, 2.45) is 11.5 Å². The number of hydrogen-bond donors (Lipinski definition) is 3. The molecule has 48 heavy (non-hydrogen) atoms. The predicted octanol–water partition coefficient (Wildman–Crippen LogP) is 5.60. The number of likely N-dealkylation sites (tertiary alicyclic amines) is 2. The third-order valence-corrected chi connectivity index (χ3v) is 9.82. The summed E-state index contributed by atoms with van der Waals surface area (Å²) in [6.45, 7) is 4.38. The Hall–Kier alpha value is -3.23. The topological polar surface area (TPSA) is 161 Å². The first-order chi connectivity index (χ1) is 23.9. The Kier molecular flexibility index (Phi) is 12.5. The molecule has 5 N–H and O–H groups in total. The van der Waals surface area contributed by atoms with E-state index in [1.54, 1.807) is 11.8 Å². The lowest BCUT2D eigenvalue weighted by atomic mass is 9.89. The van der Waals surface area contributed by atoms with Gasteiger partial charge in [0.15, 0.2) is 0 Å². The van der Waals surface area contributed by atoms with E-state index >= 15 is 0 Å². The Labute approximate surface area is 309 Å². The number of halogens is 3. The highest BCUT2D eigenvalue weighted by Gasteiger charge is 2.44. The van der Waals surface area contributed by atoms with Crippen molar-refractivity contribution in [2.45, 2.75) is 58.0 Å². The normalized spacial score (nSPS) is 23.1. The van der Waals surface area contributed by atoms with Crippen LogP contribution >= 0.6 is 43.5 Å². The number of anilines is 2. The maximum Gasteiger partial charge on any atom is 0.409 e. The first kappa shape index (κ1) is 33.3. The number of benzene rings is 2. The number of ether oxygens (including phenoxy) is 2. The molecule has 0 bridgehead atoms. The quantitative estimate of drug-likeness (QED) is 0.329. The highest BCUT2D eigenvalue weighted by molar-refractivity contribution is 9.11. The maximum atomic E-state index is 12.1. The van der Waals surface area contributed by atoms with Crippen LogP contribution in [-0.2, 0) is 19.1 Å². The van der Waals surface area contributed by atoms with E-state index in [1.165, 1.54) is 16.2 Å². The van der Waals surface area contributed by atoms with Crippen molar-refractivity contribution in [2.75, 3.05) is 61.9 Å². The lowest BCUT2D eigenvalue weighted by molar-refractivity contribution is -0.117. The van der Waals surface area contributed by atoms with Gasteiger partial charge in [0.25, 0.3) is 0 Å². The van der Waals surface area contributed by atoms with Gasteiger partial charge in [0.2, 0.25) is 11.8 Å². The van der Waals surface area contributed by atoms with Gasteiger partial charge in [-0.1, -0.05) is 31.7 Å².